The summed E-state index contributed by atoms with van der Waals surface area (Å²) in [7, 11) is 1.79. The summed E-state index contributed by atoms with van der Waals surface area (Å²) >= 11 is 0. The van der Waals surface area contributed by atoms with Crippen LogP contribution in [0.3, 0.4) is 0 Å². The molecule has 0 saturated heterocycles. The molecule has 0 rings (SSSR count). The highest BCUT2D eigenvalue weighted by atomic mass is 16.1. The first-order valence-electron chi connectivity index (χ1n) is 4.81. The van der Waals surface area contributed by atoms with Gasteiger partial charge in [-0.25, -0.2) is 0 Å². The van der Waals surface area contributed by atoms with Crippen molar-refractivity contribution < 1.29 is 4.79 Å². The van der Waals surface area contributed by atoms with E-state index in [0.717, 1.165) is 25.5 Å². The lowest BCUT2D eigenvalue weighted by molar-refractivity contribution is -0.113. The Bertz CT molecular complexity index is 195. The van der Waals surface area contributed by atoms with Gasteiger partial charge in [-0.05, 0) is 26.3 Å². The third kappa shape index (κ3) is 4.23. The number of hydrogen-bond donors (Lipinski definition) is 3. The van der Waals surface area contributed by atoms with Gasteiger partial charge in [0.25, 0.3) is 0 Å². The summed E-state index contributed by atoms with van der Waals surface area (Å²) in [4.78, 5) is 14.7. The van der Waals surface area contributed by atoms with Gasteiger partial charge >= 0.3 is 0 Å². The fourth-order valence-corrected chi connectivity index (χ4v) is 1.28. The smallest absolute Gasteiger partial charge is 0.185 e. The summed E-state index contributed by atoms with van der Waals surface area (Å²) in [5.41, 5.74) is 9.95. The molecule has 0 radical (unpaired) electrons. The van der Waals surface area contributed by atoms with E-state index >= 15 is 0 Å². The summed E-state index contributed by atoms with van der Waals surface area (Å²) in [6.07, 6.45) is 3.28. The van der Waals surface area contributed by atoms with Gasteiger partial charge in [-0.1, -0.05) is 6.92 Å². The average molecular weight is 200 g/mol. The molecule has 1 unspecified atom stereocenters. The van der Waals surface area contributed by atoms with Gasteiger partial charge in [-0.2, -0.15) is 0 Å². The molecule has 0 aromatic heterocycles. The van der Waals surface area contributed by atoms with Crippen molar-refractivity contribution in [1.29, 1.82) is 0 Å². The van der Waals surface area contributed by atoms with Crippen LogP contribution in [0.5, 0.6) is 0 Å². The number of nitrogens with zero attached hydrogens (tertiary/aromatic N) is 1. The normalized spacial score (nSPS) is 14.4. The summed E-state index contributed by atoms with van der Waals surface area (Å²) in [5, 5.41) is 3.02. The van der Waals surface area contributed by atoms with E-state index in [4.69, 9.17) is 11.5 Å². The number of guanidine groups is 1. The van der Waals surface area contributed by atoms with Crippen LogP contribution in [-0.4, -0.2) is 31.4 Å². The lowest BCUT2D eigenvalue weighted by Crippen LogP contribution is -2.44. The van der Waals surface area contributed by atoms with E-state index in [1.807, 2.05) is 6.92 Å². The highest BCUT2D eigenvalue weighted by molar-refractivity contribution is 5.75. The molecule has 5 N–H and O–H groups in total. The minimum atomic E-state index is -0.418. The molecule has 14 heavy (non-hydrogen) atoms. The topological polar surface area (TPSA) is 93.5 Å². The Kier molecular flexibility index (Phi) is 5.87. The van der Waals surface area contributed by atoms with Crippen LogP contribution in [0.25, 0.3) is 0 Å². The number of nitrogens with two attached hydrogens (primary N) is 2. The largest absolute Gasteiger partial charge is 0.370 e. The van der Waals surface area contributed by atoms with Gasteiger partial charge in [0.15, 0.2) is 5.96 Å². The van der Waals surface area contributed by atoms with Gasteiger partial charge in [0.05, 0.1) is 5.54 Å². The molecule has 0 fully saturated rings. The molecule has 0 heterocycles. The molecule has 0 spiro atoms. The molecule has 1 atom stereocenters. The van der Waals surface area contributed by atoms with Crippen molar-refractivity contribution in [2.75, 3.05) is 13.6 Å². The van der Waals surface area contributed by atoms with Crippen LogP contribution in [0.4, 0.5) is 0 Å². The third-order valence-corrected chi connectivity index (χ3v) is 2.43. The first kappa shape index (κ1) is 12.9. The minimum Gasteiger partial charge on any atom is -0.370 e. The van der Waals surface area contributed by atoms with Crippen molar-refractivity contribution in [3.05, 3.63) is 0 Å². The Morgan fingerprint density at radius 3 is 2.57 bits per heavy atom. The molecule has 0 bridgehead atoms. The number of likely N-dealkylation sites (N-methyl/N-ethyl adjacent to an activating group) is 1. The van der Waals surface area contributed by atoms with E-state index in [2.05, 4.69) is 10.3 Å². The van der Waals surface area contributed by atoms with E-state index in [9.17, 15) is 4.79 Å². The lowest BCUT2D eigenvalue weighted by atomic mass is 9.92. The summed E-state index contributed by atoms with van der Waals surface area (Å²) in [6.45, 7) is 2.55. The van der Waals surface area contributed by atoms with Crippen LogP contribution in [0, 0.1) is 0 Å². The van der Waals surface area contributed by atoms with E-state index in [1.54, 1.807) is 7.05 Å². The molecular formula is C9H20N4O. The van der Waals surface area contributed by atoms with Crippen LogP contribution in [-0.2, 0) is 4.79 Å². The standard InChI is InChI=1S/C9H20N4O/c1-3-9(7-14,12-2)5-4-6-13-8(10)11/h7,12H,3-6H2,1-2H3,(H4,10,11,13). The molecule has 0 aromatic carbocycles. The second-order valence-electron chi connectivity index (χ2n) is 3.29. The van der Waals surface area contributed by atoms with Crippen LogP contribution < -0.4 is 16.8 Å². The van der Waals surface area contributed by atoms with Crippen molar-refractivity contribution in [2.24, 2.45) is 16.5 Å². The SMILES string of the molecule is CCC(C=O)(CCCN=C(N)N)NC. The first-order valence-corrected chi connectivity index (χ1v) is 4.81. The Balaban J connectivity index is 3.95. The second-order valence-corrected chi connectivity index (χ2v) is 3.29. The zero-order valence-corrected chi connectivity index (χ0v) is 8.92. The molecule has 0 aliphatic rings. The number of nitrogens with one attached hydrogen (secondary N) is 1. The fourth-order valence-electron chi connectivity index (χ4n) is 1.28. The molecule has 82 valence electrons. The maximum atomic E-state index is 10.9. The number of rotatable bonds is 7. The van der Waals surface area contributed by atoms with Crippen molar-refractivity contribution in [1.82, 2.24) is 5.32 Å². The van der Waals surface area contributed by atoms with E-state index in [-0.39, 0.29) is 5.96 Å². The Morgan fingerprint density at radius 1 is 1.57 bits per heavy atom. The molecule has 0 aromatic rings. The lowest BCUT2D eigenvalue weighted by Gasteiger charge is -2.25. The predicted molar refractivity (Wildman–Crippen MR) is 58.1 cm³/mol. The number of hydrogen-bond acceptors (Lipinski definition) is 3. The van der Waals surface area contributed by atoms with Crippen LogP contribution in [0.15, 0.2) is 4.99 Å². The van der Waals surface area contributed by atoms with Crippen molar-refractivity contribution in [3.8, 4) is 0 Å². The van der Waals surface area contributed by atoms with E-state index in [1.165, 1.54) is 0 Å². The molecule has 0 saturated carbocycles. The first-order chi connectivity index (χ1) is 6.60. The maximum Gasteiger partial charge on any atom is 0.185 e. The zero-order valence-electron chi connectivity index (χ0n) is 8.92. The number of carbonyl (C=O) groups is 1. The van der Waals surface area contributed by atoms with Gasteiger partial charge in [0, 0.05) is 6.54 Å². The van der Waals surface area contributed by atoms with Crippen LogP contribution >= 0.6 is 0 Å². The second kappa shape index (κ2) is 6.37. The molecule has 5 heteroatoms. The van der Waals surface area contributed by atoms with Gasteiger partial charge < -0.3 is 21.6 Å². The zero-order chi connectivity index (χ0) is 11.0. The van der Waals surface area contributed by atoms with Crippen molar-refractivity contribution >= 4 is 12.2 Å². The third-order valence-electron chi connectivity index (χ3n) is 2.43. The summed E-state index contributed by atoms with van der Waals surface area (Å²) < 4.78 is 0. The molecule has 0 aliphatic carbocycles. The van der Waals surface area contributed by atoms with Crippen molar-refractivity contribution in [3.63, 3.8) is 0 Å². The van der Waals surface area contributed by atoms with E-state index in [0.29, 0.717) is 6.54 Å². The Morgan fingerprint density at radius 2 is 2.21 bits per heavy atom. The van der Waals surface area contributed by atoms with Gasteiger partial charge in [0.1, 0.15) is 6.29 Å². The Labute approximate surface area is 84.9 Å². The maximum absolute atomic E-state index is 10.9. The highest BCUT2D eigenvalue weighted by Crippen LogP contribution is 2.13. The van der Waals surface area contributed by atoms with E-state index < -0.39 is 5.54 Å². The fraction of sp³-hybridized carbons (Fsp3) is 0.778. The molecule has 5 nitrogen and oxygen atoms in total. The monoisotopic (exact) mass is 200 g/mol. The average Bonchev–Trinajstić information content (AvgIpc) is 2.19. The minimum absolute atomic E-state index is 0.0997. The summed E-state index contributed by atoms with van der Waals surface area (Å²) in [5.74, 6) is 0.0997. The summed E-state index contributed by atoms with van der Waals surface area (Å²) in [6, 6.07) is 0. The van der Waals surface area contributed by atoms with Gasteiger partial charge in [-0.3, -0.25) is 4.99 Å². The molecule has 0 amide bonds. The highest BCUT2D eigenvalue weighted by Gasteiger charge is 2.24. The number of aliphatic imine (C=N–C) groups is 1. The molecule has 0 aliphatic heterocycles. The van der Waals surface area contributed by atoms with Gasteiger partial charge in [0.2, 0.25) is 0 Å². The predicted octanol–water partition coefficient (Wildman–Crippen LogP) is -0.393. The molecular weight excluding hydrogens is 180 g/mol. The van der Waals surface area contributed by atoms with Crippen LogP contribution in [0.1, 0.15) is 26.2 Å². The quantitative estimate of drug-likeness (QED) is 0.226. The van der Waals surface area contributed by atoms with Gasteiger partial charge in [-0.15, -0.1) is 0 Å². The number of carbonyl (C=O) groups excluding carboxylic acids is 1. The Hall–Kier alpha value is -1.10. The van der Waals surface area contributed by atoms with Crippen molar-refractivity contribution in [2.45, 2.75) is 31.7 Å². The van der Waals surface area contributed by atoms with Crippen LogP contribution in [0.2, 0.25) is 0 Å². The number of aldehydes is 1.